The predicted octanol–water partition coefficient (Wildman–Crippen LogP) is 0.898. The van der Waals surface area contributed by atoms with Crippen LogP contribution in [0.25, 0.3) is 0 Å². The molecule has 2 rings (SSSR count). The molecule has 4 atom stereocenters. The van der Waals surface area contributed by atoms with E-state index in [1.165, 1.54) is 6.92 Å². The minimum Gasteiger partial charge on any atom is -0.459 e. The molecule has 0 bridgehead atoms. The first-order valence-corrected chi connectivity index (χ1v) is 9.20. The summed E-state index contributed by atoms with van der Waals surface area (Å²) in [6, 6.07) is 9.13. The third kappa shape index (κ3) is 7.45. The van der Waals surface area contributed by atoms with Crippen LogP contribution in [0.4, 0.5) is 0 Å². The molecular formula is C20H24O10. The van der Waals surface area contributed by atoms with Crippen molar-refractivity contribution in [2.24, 2.45) is 0 Å². The molecule has 1 saturated heterocycles. The summed E-state index contributed by atoms with van der Waals surface area (Å²) < 4.78 is 31.3. The van der Waals surface area contributed by atoms with Gasteiger partial charge in [0.25, 0.3) is 0 Å². The lowest BCUT2D eigenvalue weighted by atomic mass is 10.1. The van der Waals surface area contributed by atoms with Crippen molar-refractivity contribution in [1.82, 2.24) is 0 Å². The smallest absolute Gasteiger partial charge is 0.332 e. The van der Waals surface area contributed by atoms with Crippen LogP contribution in [0.2, 0.25) is 0 Å². The average molecular weight is 424 g/mol. The van der Waals surface area contributed by atoms with Crippen LogP contribution in [-0.2, 0) is 54.2 Å². The zero-order chi connectivity index (χ0) is 22.1. The zero-order valence-corrected chi connectivity index (χ0v) is 16.9. The maximum Gasteiger partial charge on any atom is 0.332 e. The number of rotatable bonds is 9. The summed E-state index contributed by atoms with van der Waals surface area (Å²) >= 11 is 0. The Labute approximate surface area is 173 Å². The van der Waals surface area contributed by atoms with E-state index in [0.717, 1.165) is 19.4 Å². The summed E-state index contributed by atoms with van der Waals surface area (Å²) in [5.41, 5.74) is 0.827. The van der Waals surface area contributed by atoms with Crippen molar-refractivity contribution in [1.29, 1.82) is 0 Å². The van der Waals surface area contributed by atoms with E-state index in [1.807, 2.05) is 30.3 Å². The van der Waals surface area contributed by atoms with Crippen molar-refractivity contribution in [2.45, 2.75) is 52.0 Å². The fraction of sp³-hybridized carbons (Fsp3) is 0.500. The summed E-state index contributed by atoms with van der Waals surface area (Å²) in [5.74, 6) is -2.61. The first-order chi connectivity index (χ1) is 14.3. The predicted molar refractivity (Wildman–Crippen MR) is 98.6 cm³/mol. The second kappa shape index (κ2) is 11.3. The van der Waals surface area contributed by atoms with Crippen LogP contribution in [0, 0.1) is 0 Å². The Morgan fingerprint density at radius 1 is 0.867 bits per heavy atom. The Bertz CT molecular complexity index is 747. The van der Waals surface area contributed by atoms with Gasteiger partial charge in [0, 0.05) is 20.8 Å². The van der Waals surface area contributed by atoms with Gasteiger partial charge in [-0.15, -0.1) is 0 Å². The highest BCUT2D eigenvalue weighted by molar-refractivity contribution is 5.70. The maximum atomic E-state index is 11.9. The molecule has 10 heteroatoms. The molecule has 1 aliphatic rings. The molecule has 1 unspecified atom stereocenters. The van der Waals surface area contributed by atoms with Gasteiger partial charge in [-0.25, -0.2) is 4.79 Å². The molecule has 1 heterocycles. The summed E-state index contributed by atoms with van der Waals surface area (Å²) in [5, 5.41) is 0. The van der Waals surface area contributed by atoms with E-state index in [1.54, 1.807) is 0 Å². The van der Waals surface area contributed by atoms with E-state index < -0.39 is 48.5 Å². The van der Waals surface area contributed by atoms with Gasteiger partial charge >= 0.3 is 23.9 Å². The number of carbonyl (C=O) groups excluding carboxylic acids is 4. The highest BCUT2D eigenvalue weighted by Crippen LogP contribution is 2.28. The molecule has 0 aliphatic carbocycles. The number of hydrogen-bond donors (Lipinski definition) is 0. The maximum absolute atomic E-state index is 11.9. The lowest BCUT2D eigenvalue weighted by Gasteiger charge is -2.22. The Hall–Kier alpha value is -2.98. The van der Waals surface area contributed by atoms with Crippen molar-refractivity contribution < 1.29 is 47.6 Å². The van der Waals surface area contributed by atoms with Crippen LogP contribution in [-0.4, -0.2) is 61.7 Å². The van der Waals surface area contributed by atoms with Gasteiger partial charge in [-0.05, 0) is 5.56 Å². The van der Waals surface area contributed by atoms with Crippen LogP contribution in [0.15, 0.2) is 30.3 Å². The van der Waals surface area contributed by atoms with Gasteiger partial charge in [-0.2, -0.15) is 0 Å². The van der Waals surface area contributed by atoms with Gasteiger partial charge in [-0.3, -0.25) is 14.4 Å². The lowest BCUT2D eigenvalue weighted by Crippen LogP contribution is -2.42. The highest BCUT2D eigenvalue weighted by atomic mass is 16.8. The topological polar surface area (TPSA) is 124 Å². The van der Waals surface area contributed by atoms with Gasteiger partial charge < -0.3 is 28.4 Å². The highest BCUT2D eigenvalue weighted by Gasteiger charge is 2.51. The fourth-order valence-corrected chi connectivity index (χ4v) is 2.77. The molecule has 0 spiro atoms. The average Bonchev–Trinajstić information content (AvgIpc) is 2.96. The third-order valence-electron chi connectivity index (χ3n) is 3.90. The Morgan fingerprint density at radius 3 is 2.07 bits per heavy atom. The van der Waals surface area contributed by atoms with E-state index in [2.05, 4.69) is 0 Å². The second-order valence-electron chi connectivity index (χ2n) is 6.46. The molecule has 1 aromatic rings. The van der Waals surface area contributed by atoms with Crippen molar-refractivity contribution in [3.05, 3.63) is 35.9 Å². The van der Waals surface area contributed by atoms with Crippen LogP contribution in [0.5, 0.6) is 0 Å². The van der Waals surface area contributed by atoms with Crippen molar-refractivity contribution in [3.63, 3.8) is 0 Å². The number of hydrogen-bond acceptors (Lipinski definition) is 10. The summed E-state index contributed by atoms with van der Waals surface area (Å²) in [4.78, 5) is 46.0. The Balaban J connectivity index is 1.92. The van der Waals surface area contributed by atoms with E-state index >= 15 is 0 Å². The lowest BCUT2D eigenvalue weighted by molar-refractivity contribution is -0.197. The molecule has 0 radical (unpaired) electrons. The minimum absolute atomic E-state index is 0.0993. The van der Waals surface area contributed by atoms with Gasteiger partial charge in [0.05, 0.1) is 6.61 Å². The van der Waals surface area contributed by atoms with Crippen molar-refractivity contribution in [2.75, 3.05) is 13.2 Å². The molecule has 0 N–H and O–H groups in total. The summed E-state index contributed by atoms with van der Waals surface area (Å²) in [6.07, 6.45) is -4.48. The van der Waals surface area contributed by atoms with Crippen molar-refractivity contribution >= 4 is 23.9 Å². The summed E-state index contributed by atoms with van der Waals surface area (Å²) in [7, 11) is 0. The molecule has 1 aromatic carbocycles. The van der Waals surface area contributed by atoms with E-state index in [0.29, 0.717) is 0 Å². The quantitative estimate of drug-likeness (QED) is 0.417. The molecule has 0 amide bonds. The summed E-state index contributed by atoms with van der Waals surface area (Å²) in [6.45, 7) is 3.00. The second-order valence-corrected chi connectivity index (χ2v) is 6.46. The normalized spacial score (nSPS) is 22.8. The third-order valence-corrected chi connectivity index (χ3v) is 3.90. The van der Waals surface area contributed by atoms with E-state index in [9.17, 15) is 19.2 Å². The zero-order valence-electron chi connectivity index (χ0n) is 16.9. The number of esters is 4. The van der Waals surface area contributed by atoms with Crippen LogP contribution >= 0.6 is 0 Å². The monoisotopic (exact) mass is 424 g/mol. The molecular weight excluding hydrogens is 400 g/mol. The molecule has 10 nitrogen and oxygen atoms in total. The molecule has 30 heavy (non-hydrogen) atoms. The standard InChI is InChI=1S/C20H24O10/c1-12(21)27-18-16(30-20(29-14(3)23)19(18)28-13(2)22)10-25-11-17(24)26-9-15-7-5-4-6-8-15/h4-8,16,18-20H,9-11H2,1-3H3/t16-,18-,19-,20?/m1/s1. The molecule has 164 valence electrons. The van der Waals surface area contributed by atoms with Crippen LogP contribution in [0.3, 0.4) is 0 Å². The van der Waals surface area contributed by atoms with Gasteiger partial charge in [-0.1, -0.05) is 30.3 Å². The molecule has 1 aliphatic heterocycles. The van der Waals surface area contributed by atoms with Crippen molar-refractivity contribution in [3.8, 4) is 0 Å². The van der Waals surface area contributed by atoms with Gasteiger partial charge in [0.2, 0.25) is 12.4 Å². The molecule has 0 saturated carbocycles. The number of carbonyl (C=O) groups is 4. The molecule has 0 aromatic heterocycles. The van der Waals surface area contributed by atoms with E-state index in [4.69, 9.17) is 28.4 Å². The van der Waals surface area contributed by atoms with E-state index in [-0.39, 0.29) is 19.8 Å². The Kier molecular flexibility index (Phi) is 8.75. The fourth-order valence-electron chi connectivity index (χ4n) is 2.77. The van der Waals surface area contributed by atoms with Gasteiger partial charge in [0.15, 0.2) is 6.10 Å². The first-order valence-electron chi connectivity index (χ1n) is 9.20. The minimum atomic E-state index is -1.28. The van der Waals surface area contributed by atoms with Gasteiger partial charge in [0.1, 0.15) is 19.3 Å². The van der Waals surface area contributed by atoms with Crippen LogP contribution < -0.4 is 0 Å². The number of benzene rings is 1. The molecule has 1 fully saturated rings. The van der Waals surface area contributed by atoms with Crippen LogP contribution in [0.1, 0.15) is 26.3 Å². The number of ether oxygens (including phenoxy) is 6. The Morgan fingerprint density at radius 2 is 1.47 bits per heavy atom. The SMILES string of the molecule is CC(=O)OC1O[C@H](COCC(=O)OCc2ccccc2)[C@@H](OC(C)=O)[C@H]1OC(C)=O. The first kappa shape index (κ1) is 23.3. The largest absolute Gasteiger partial charge is 0.459 e.